The zero-order valence-electron chi connectivity index (χ0n) is 10.9. The average molecular weight is 244 g/mol. The molecule has 1 saturated heterocycles. The minimum atomic E-state index is -0.770. The summed E-state index contributed by atoms with van der Waals surface area (Å²) in [6.07, 6.45) is 0.781. The van der Waals surface area contributed by atoms with Gasteiger partial charge in [-0.05, 0) is 34.6 Å². The Hall–Kier alpha value is -1.30. The zero-order chi connectivity index (χ0) is 13.3. The molecule has 1 fully saturated rings. The van der Waals surface area contributed by atoms with Crippen LogP contribution in [0.1, 0.15) is 34.6 Å². The van der Waals surface area contributed by atoms with Gasteiger partial charge in [0.1, 0.15) is 17.4 Å². The van der Waals surface area contributed by atoms with Crippen molar-refractivity contribution in [3.63, 3.8) is 0 Å². The molecule has 0 radical (unpaired) electrons. The van der Waals surface area contributed by atoms with Crippen LogP contribution in [-0.4, -0.2) is 46.4 Å². The molecule has 1 aliphatic rings. The minimum absolute atomic E-state index is 0.288. The summed E-state index contributed by atoms with van der Waals surface area (Å²) in [5.41, 5.74) is -1.34. The van der Waals surface area contributed by atoms with Crippen LogP contribution in [0.2, 0.25) is 0 Å². The van der Waals surface area contributed by atoms with Crippen molar-refractivity contribution in [1.29, 1.82) is 0 Å². The van der Waals surface area contributed by atoms with E-state index in [1.165, 1.54) is 11.1 Å². The van der Waals surface area contributed by atoms with Gasteiger partial charge in [0.2, 0.25) is 0 Å². The predicted molar refractivity (Wildman–Crippen MR) is 62.2 cm³/mol. The first-order valence-electron chi connectivity index (χ1n) is 5.51. The monoisotopic (exact) mass is 244 g/mol. The molecule has 17 heavy (non-hydrogen) atoms. The molecule has 0 aromatic heterocycles. The van der Waals surface area contributed by atoms with Crippen LogP contribution in [0.4, 0.5) is 4.79 Å². The van der Waals surface area contributed by atoms with Crippen LogP contribution in [0.5, 0.6) is 0 Å². The molecule has 98 valence electrons. The topological polar surface area (TPSA) is 71.4 Å². The molecule has 1 atom stereocenters. The Morgan fingerprint density at radius 3 is 2.65 bits per heavy atom. The van der Waals surface area contributed by atoms with Crippen molar-refractivity contribution in [2.45, 2.75) is 52.0 Å². The summed E-state index contributed by atoms with van der Waals surface area (Å²) in [7, 11) is 0. The van der Waals surface area contributed by atoms with Gasteiger partial charge in [-0.1, -0.05) is 5.16 Å². The van der Waals surface area contributed by atoms with Crippen LogP contribution in [0.15, 0.2) is 5.16 Å². The van der Waals surface area contributed by atoms with Crippen molar-refractivity contribution < 1.29 is 19.5 Å². The summed E-state index contributed by atoms with van der Waals surface area (Å²) in [6.45, 7) is 9.21. The van der Waals surface area contributed by atoms with Crippen molar-refractivity contribution in [2.24, 2.45) is 5.16 Å². The second kappa shape index (κ2) is 4.52. The summed E-state index contributed by atoms with van der Waals surface area (Å²) in [6, 6.07) is -0.412. The first kappa shape index (κ1) is 13.8. The van der Waals surface area contributed by atoms with Gasteiger partial charge in [-0.15, -0.1) is 0 Å². The maximum absolute atomic E-state index is 12.0. The Bertz CT molecular complexity index is 320. The van der Waals surface area contributed by atoms with Crippen molar-refractivity contribution in [3.05, 3.63) is 0 Å². The van der Waals surface area contributed by atoms with E-state index in [0.717, 1.165) is 0 Å². The first-order chi connectivity index (χ1) is 7.67. The van der Waals surface area contributed by atoms with E-state index >= 15 is 0 Å². The van der Waals surface area contributed by atoms with Crippen LogP contribution in [-0.2, 0) is 9.47 Å². The lowest BCUT2D eigenvalue weighted by Gasteiger charge is -2.33. The standard InChI is InChI=1S/C11H20N2O4/c1-10(2,3)17-9(14)13-8(6-12-15)7-16-11(13,4)5/h6,8,15H,7H2,1-5H3/b12-6-/t8-/m1/s1. The van der Waals surface area contributed by atoms with E-state index in [0.29, 0.717) is 0 Å². The molecule has 1 rings (SSSR count). The van der Waals surface area contributed by atoms with E-state index in [-0.39, 0.29) is 6.61 Å². The fourth-order valence-electron chi connectivity index (χ4n) is 1.69. The smallest absolute Gasteiger partial charge is 0.413 e. The van der Waals surface area contributed by atoms with Crippen LogP contribution >= 0.6 is 0 Å². The molecule has 1 aliphatic heterocycles. The number of oxime groups is 1. The molecule has 1 heterocycles. The third-order valence-corrected chi connectivity index (χ3v) is 2.35. The van der Waals surface area contributed by atoms with E-state index in [1.807, 2.05) is 0 Å². The first-order valence-corrected chi connectivity index (χ1v) is 5.51. The van der Waals surface area contributed by atoms with Crippen LogP contribution in [0, 0.1) is 0 Å². The van der Waals surface area contributed by atoms with Crippen LogP contribution < -0.4 is 0 Å². The Kier molecular flexibility index (Phi) is 3.66. The number of nitrogens with zero attached hydrogens (tertiary/aromatic N) is 2. The molecule has 6 nitrogen and oxygen atoms in total. The van der Waals surface area contributed by atoms with Gasteiger partial charge >= 0.3 is 6.09 Å². The number of hydrogen-bond donors (Lipinski definition) is 1. The number of rotatable bonds is 1. The quantitative estimate of drug-likeness (QED) is 0.434. The summed E-state index contributed by atoms with van der Waals surface area (Å²) in [5, 5.41) is 11.5. The molecule has 0 aliphatic carbocycles. The highest BCUT2D eigenvalue weighted by atomic mass is 16.6. The fourth-order valence-corrected chi connectivity index (χ4v) is 1.69. The second-order valence-electron chi connectivity index (χ2n) is 5.44. The molecule has 0 aromatic carbocycles. The number of carbonyl (C=O) groups is 1. The fraction of sp³-hybridized carbons (Fsp3) is 0.818. The molecule has 0 unspecified atom stereocenters. The largest absolute Gasteiger partial charge is 0.444 e. The molecule has 0 saturated carbocycles. The van der Waals surface area contributed by atoms with Gasteiger partial charge in [0, 0.05) is 0 Å². The number of ether oxygens (including phenoxy) is 2. The Labute approximate surface area is 101 Å². The molecule has 0 bridgehead atoms. The maximum atomic E-state index is 12.0. The van der Waals surface area contributed by atoms with Gasteiger partial charge < -0.3 is 14.7 Å². The molecule has 0 spiro atoms. The van der Waals surface area contributed by atoms with E-state index in [1.54, 1.807) is 34.6 Å². The van der Waals surface area contributed by atoms with Gasteiger partial charge in [0.05, 0.1) is 12.8 Å². The van der Waals surface area contributed by atoms with Gasteiger partial charge in [-0.2, -0.15) is 0 Å². The maximum Gasteiger partial charge on any atom is 0.413 e. The normalized spacial score (nSPS) is 24.3. The Morgan fingerprint density at radius 1 is 1.59 bits per heavy atom. The highest BCUT2D eigenvalue weighted by Crippen LogP contribution is 2.28. The third kappa shape index (κ3) is 3.33. The second-order valence-corrected chi connectivity index (χ2v) is 5.44. The highest BCUT2D eigenvalue weighted by Gasteiger charge is 2.45. The van der Waals surface area contributed by atoms with E-state index in [2.05, 4.69) is 5.16 Å². The van der Waals surface area contributed by atoms with Crippen LogP contribution in [0.25, 0.3) is 0 Å². The SMILES string of the molecule is CC(C)(C)OC(=O)N1[C@H](/C=N\O)COC1(C)C. The molecular formula is C11H20N2O4. The molecule has 6 heteroatoms. The van der Waals surface area contributed by atoms with Crippen molar-refractivity contribution in [2.75, 3.05) is 6.61 Å². The lowest BCUT2D eigenvalue weighted by molar-refractivity contribution is -0.0604. The minimum Gasteiger partial charge on any atom is -0.444 e. The summed E-state index contributed by atoms with van der Waals surface area (Å²) in [4.78, 5) is 13.5. The Balaban J connectivity index is 2.86. The van der Waals surface area contributed by atoms with E-state index in [9.17, 15) is 4.79 Å². The number of amides is 1. The Morgan fingerprint density at radius 2 is 2.18 bits per heavy atom. The number of hydrogen-bond acceptors (Lipinski definition) is 5. The van der Waals surface area contributed by atoms with Crippen molar-refractivity contribution >= 4 is 12.3 Å². The van der Waals surface area contributed by atoms with E-state index < -0.39 is 23.5 Å². The van der Waals surface area contributed by atoms with E-state index in [4.69, 9.17) is 14.7 Å². The summed E-state index contributed by atoms with van der Waals surface area (Å²) < 4.78 is 10.8. The predicted octanol–water partition coefficient (Wildman–Crippen LogP) is 1.82. The number of carbonyl (C=O) groups excluding carboxylic acids is 1. The average Bonchev–Trinajstić information content (AvgIpc) is 2.39. The van der Waals surface area contributed by atoms with Crippen molar-refractivity contribution in [1.82, 2.24) is 4.90 Å². The van der Waals surface area contributed by atoms with Gasteiger partial charge in [-0.3, -0.25) is 4.90 Å². The zero-order valence-corrected chi connectivity index (χ0v) is 10.9. The molecule has 1 N–H and O–H groups in total. The highest BCUT2D eigenvalue weighted by molar-refractivity contribution is 5.76. The lowest BCUT2D eigenvalue weighted by Crippen LogP contribution is -2.50. The molecular weight excluding hydrogens is 224 g/mol. The third-order valence-electron chi connectivity index (χ3n) is 2.35. The lowest BCUT2D eigenvalue weighted by atomic mass is 10.2. The van der Waals surface area contributed by atoms with Gasteiger partial charge in [-0.25, -0.2) is 4.79 Å². The van der Waals surface area contributed by atoms with Crippen molar-refractivity contribution in [3.8, 4) is 0 Å². The van der Waals surface area contributed by atoms with Gasteiger partial charge in [0.25, 0.3) is 0 Å². The van der Waals surface area contributed by atoms with Crippen LogP contribution in [0.3, 0.4) is 0 Å². The van der Waals surface area contributed by atoms with Gasteiger partial charge in [0.15, 0.2) is 0 Å². The summed E-state index contributed by atoms with van der Waals surface area (Å²) >= 11 is 0. The summed E-state index contributed by atoms with van der Waals surface area (Å²) in [5.74, 6) is 0. The molecule has 1 amide bonds. The molecule has 0 aromatic rings.